The molecule has 2 aromatic heterocycles. The number of aliphatic hydroxyl groups is 1. The molecule has 0 spiro atoms. The number of ether oxygens (including phenoxy) is 1. The molecule has 0 amide bonds. The largest absolute Gasteiger partial charge is 0.488 e. The van der Waals surface area contributed by atoms with Gasteiger partial charge in [-0.2, -0.15) is 10.2 Å². The Hall–Kier alpha value is -2.94. The van der Waals surface area contributed by atoms with E-state index in [2.05, 4.69) is 22.2 Å². The number of aromatic amines is 1. The van der Waals surface area contributed by atoms with E-state index in [1.165, 1.54) is 4.68 Å². The SMILES string of the molecule is Cn1nc(-c2n[nH]c3ccc(OC4(C)CC4)cc23)cc(N2CCC(O)C(F)CC2)c1=O. The molecule has 164 valence electrons. The number of fused-ring (bicyclic) bond motifs is 1. The van der Waals surface area contributed by atoms with Crippen molar-refractivity contribution in [3.8, 4) is 17.1 Å². The quantitative estimate of drug-likeness (QED) is 0.664. The van der Waals surface area contributed by atoms with E-state index in [-0.39, 0.29) is 24.0 Å². The maximum atomic E-state index is 13.9. The van der Waals surface area contributed by atoms with Gasteiger partial charge in [0.15, 0.2) is 0 Å². The highest BCUT2D eigenvalue weighted by atomic mass is 19.1. The number of aryl methyl sites for hydroxylation is 1. The molecule has 5 rings (SSSR count). The van der Waals surface area contributed by atoms with Gasteiger partial charge in [0, 0.05) is 25.5 Å². The molecule has 2 N–H and O–H groups in total. The topological polar surface area (TPSA) is 96.3 Å². The van der Waals surface area contributed by atoms with Crippen LogP contribution in [0, 0.1) is 0 Å². The molecule has 1 saturated heterocycles. The minimum Gasteiger partial charge on any atom is -0.488 e. The zero-order chi connectivity index (χ0) is 21.8. The first-order valence-electron chi connectivity index (χ1n) is 10.7. The van der Waals surface area contributed by atoms with Crippen molar-refractivity contribution in [3.63, 3.8) is 0 Å². The summed E-state index contributed by atoms with van der Waals surface area (Å²) in [5, 5.41) is 22.6. The smallest absolute Gasteiger partial charge is 0.290 e. The number of benzene rings is 1. The number of aliphatic hydroxyl groups excluding tert-OH is 1. The van der Waals surface area contributed by atoms with Crippen LogP contribution >= 0.6 is 0 Å². The number of H-pyrrole nitrogens is 1. The van der Waals surface area contributed by atoms with E-state index in [4.69, 9.17) is 4.74 Å². The van der Waals surface area contributed by atoms with Crippen LogP contribution < -0.4 is 15.2 Å². The standard InChI is InChI=1S/C22H26FN5O3/c1-22(7-8-22)31-13-3-4-16-14(11-13)20(25-24-16)17-12-18(21(30)27(2)26-17)28-9-5-15(23)19(29)6-10-28/h3-4,11-12,15,19,29H,5-10H2,1-2H3,(H,24,25). The van der Waals surface area contributed by atoms with Gasteiger partial charge in [0.2, 0.25) is 0 Å². The van der Waals surface area contributed by atoms with E-state index in [1.54, 1.807) is 13.1 Å². The number of nitrogens with one attached hydrogen (secondary N) is 1. The summed E-state index contributed by atoms with van der Waals surface area (Å²) in [6.45, 7) is 2.85. The predicted molar refractivity (Wildman–Crippen MR) is 115 cm³/mol. The van der Waals surface area contributed by atoms with Gasteiger partial charge in [-0.25, -0.2) is 9.07 Å². The minimum atomic E-state index is -1.28. The Morgan fingerprint density at radius 1 is 1.26 bits per heavy atom. The van der Waals surface area contributed by atoms with Gasteiger partial charge in [-0.3, -0.25) is 9.89 Å². The summed E-state index contributed by atoms with van der Waals surface area (Å²) in [5.41, 5.74) is 2.09. The van der Waals surface area contributed by atoms with Gasteiger partial charge in [-0.1, -0.05) is 0 Å². The molecule has 1 aliphatic heterocycles. The second kappa shape index (κ2) is 7.33. The normalized spacial score (nSPS) is 23.0. The van der Waals surface area contributed by atoms with Crippen molar-refractivity contribution in [2.24, 2.45) is 7.05 Å². The Bertz CT molecular complexity index is 1170. The number of halogens is 1. The van der Waals surface area contributed by atoms with E-state index in [0.717, 1.165) is 29.5 Å². The average Bonchev–Trinajstić information content (AvgIpc) is 3.36. The number of nitrogens with zero attached hydrogens (tertiary/aromatic N) is 4. The van der Waals surface area contributed by atoms with Gasteiger partial charge < -0.3 is 14.7 Å². The second-order valence-corrected chi connectivity index (χ2v) is 8.82. The summed E-state index contributed by atoms with van der Waals surface area (Å²) in [6.07, 6.45) is 0.243. The molecule has 2 aliphatic rings. The summed E-state index contributed by atoms with van der Waals surface area (Å²) in [6, 6.07) is 7.50. The number of alkyl halides is 1. The molecule has 1 saturated carbocycles. The molecular weight excluding hydrogens is 401 g/mol. The van der Waals surface area contributed by atoms with Crippen LogP contribution in [0.4, 0.5) is 10.1 Å². The first-order valence-corrected chi connectivity index (χ1v) is 10.7. The van der Waals surface area contributed by atoms with E-state index >= 15 is 0 Å². The van der Waals surface area contributed by atoms with Crippen LogP contribution in [-0.2, 0) is 7.05 Å². The fraction of sp³-hybridized carbons (Fsp3) is 0.500. The average molecular weight is 427 g/mol. The van der Waals surface area contributed by atoms with E-state index < -0.39 is 12.3 Å². The van der Waals surface area contributed by atoms with Crippen LogP contribution in [0.25, 0.3) is 22.3 Å². The van der Waals surface area contributed by atoms with Crippen LogP contribution in [0.2, 0.25) is 0 Å². The van der Waals surface area contributed by atoms with Crippen LogP contribution in [0.15, 0.2) is 29.1 Å². The molecule has 2 unspecified atom stereocenters. The Kier molecular flexibility index (Phi) is 4.73. The Morgan fingerprint density at radius 3 is 2.81 bits per heavy atom. The van der Waals surface area contributed by atoms with Crippen LogP contribution in [0.3, 0.4) is 0 Å². The van der Waals surface area contributed by atoms with E-state index in [9.17, 15) is 14.3 Å². The number of aromatic nitrogens is 4. The molecule has 2 fully saturated rings. The van der Waals surface area contributed by atoms with Crippen molar-refractivity contribution in [2.75, 3.05) is 18.0 Å². The highest BCUT2D eigenvalue weighted by Crippen LogP contribution is 2.40. The maximum Gasteiger partial charge on any atom is 0.290 e. The Morgan fingerprint density at radius 2 is 2.03 bits per heavy atom. The molecule has 31 heavy (non-hydrogen) atoms. The lowest BCUT2D eigenvalue weighted by molar-refractivity contribution is 0.0759. The van der Waals surface area contributed by atoms with Crippen molar-refractivity contribution < 1.29 is 14.2 Å². The zero-order valence-electron chi connectivity index (χ0n) is 17.6. The zero-order valence-corrected chi connectivity index (χ0v) is 17.6. The fourth-order valence-corrected chi connectivity index (χ4v) is 4.04. The molecule has 3 heterocycles. The van der Waals surface area contributed by atoms with Gasteiger partial charge in [0.05, 0.1) is 11.6 Å². The predicted octanol–water partition coefficient (Wildman–Crippen LogP) is 2.55. The van der Waals surface area contributed by atoms with Gasteiger partial charge in [-0.15, -0.1) is 0 Å². The summed E-state index contributed by atoms with van der Waals surface area (Å²) >= 11 is 0. The Labute approximate surface area is 178 Å². The summed E-state index contributed by atoms with van der Waals surface area (Å²) < 4.78 is 21.3. The summed E-state index contributed by atoms with van der Waals surface area (Å²) in [7, 11) is 1.59. The third-order valence-corrected chi connectivity index (χ3v) is 6.27. The Balaban J connectivity index is 1.54. The molecule has 0 bridgehead atoms. The third kappa shape index (κ3) is 3.78. The summed E-state index contributed by atoms with van der Waals surface area (Å²) in [4.78, 5) is 14.6. The number of hydrogen-bond acceptors (Lipinski definition) is 6. The molecule has 3 aromatic rings. The number of hydrogen-bond donors (Lipinski definition) is 2. The summed E-state index contributed by atoms with van der Waals surface area (Å²) in [5.74, 6) is 0.774. The molecule has 1 aromatic carbocycles. The van der Waals surface area contributed by atoms with Crippen molar-refractivity contribution >= 4 is 16.6 Å². The monoisotopic (exact) mass is 427 g/mol. The van der Waals surface area contributed by atoms with Crippen LogP contribution in [0.5, 0.6) is 5.75 Å². The van der Waals surface area contributed by atoms with Crippen LogP contribution in [0.1, 0.15) is 32.6 Å². The lowest BCUT2D eigenvalue weighted by Crippen LogP contribution is -2.33. The maximum absolute atomic E-state index is 13.9. The third-order valence-electron chi connectivity index (χ3n) is 6.27. The van der Waals surface area contributed by atoms with E-state index in [0.29, 0.717) is 30.2 Å². The molecule has 1 aliphatic carbocycles. The number of anilines is 1. The van der Waals surface area contributed by atoms with Gasteiger partial charge in [0.1, 0.15) is 34.6 Å². The molecular formula is C22H26FN5O3. The molecule has 9 heteroatoms. The first kappa shape index (κ1) is 20.0. The van der Waals surface area contributed by atoms with Gasteiger partial charge in [0.25, 0.3) is 5.56 Å². The van der Waals surface area contributed by atoms with Gasteiger partial charge in [-0.05, 0) is 56.9 Å². The van der Waals surface area contributed by atoms with Crippen molar-refractivity contribution in [1.82, 2.24) is 20.0 Å². The highest BCUT2D eigenvalue weighted by Gasteiger charge is 2.40. The second-order valence-electron chi connectivity index (χ2n) is 8.82. The highest BCUT2D eigenvalue weighted by molar-refractivity contribution is 5.93. The van der Waals surface area contributed by atoms with Crippen molar-refractivity contribution in [1.29, 1.82) is 0 Å². The lowest BCUT2D eigenvalue weighted by Gasteiger charge is -2.22. The fourth-order valence-electron chi connectivity index (χ4n) is 4.04. The van der Waals surface area contributed by atoms with Crippen molar-refractivity contribution in [3.05, 3.63) is 34.6 Å². The lowest BCUT2D eigenvalue weighted by atomic mass is 10.1. The number of rotatable bonds is 4. The van der Waals surface area contributed by atoms with Crippen molar-refractivity contribution in [2.45, 2.75) is 50.5 Å². The van der Waals surface area contributed by atoms with E-state index in [1.807, 2.05) is 23.1 Å². The first-order chi connectivity index (χ1) is 14.8. The molecule has 8 nitrogen and oxygen atoms in total. The molecule has 0 radical (unpaired) electrons. The van der Waals surface area contributed by atoms with Crippen LogP contribution in [-0.4, -0.2) is 56.1 Å². The minimum absolute atomic E-state index is 0.0920. The molecule has 2 atom stereocenters. The van der Waals surface area contributed by atoms with Gasteiger partial charge >= 0.3 is 0 Å².